The summed E-state index contributed by atoms with van der Waals surface area (Å²) in [6.07, 6.45) is 7.58. The van der Waals surface area contributed by atoms with E-state index >= 15 is 0 Å². The molecule has 29 heavy (non-hydrogen) atoms. The number of aryl methyl sites for hydroxylation is 1. The Morgan fingerprint density at radius 1 is 1.34 bits per heavy atom. The summed E-state index contributed by atoms with van der Waals surface area (Å²) < 4.78 is 1.99. The van der Waals surface area contributed by atoms with Crippen molar-refractivity contribution in [1.29, 1.82) is 0 Å². The van der Waals surface area contributed by atoms with E-state index in [1.165, 1.54) is 16.9 Å². The highest BCUT2D eigenvalue weighted by Crippen LogP contribution is 2.32. The van der Waals surface area contributed by atoms with Crippen molar-refractivity contribution in [2.75, 3.05) is 5.75 Å². The molecule has 0 spiro atoms. The number of rotatable bonds is 6. The zero-order valence-electron chi connectivity index (χ0n) is 16.3. The average molecular weight is 429 g/mol. The summed E-state index contributed by atoms with van der Waals surface area (Å²) in [4.78, 5) is 30.9. The van der Waals surface area contributed by atoms with Gasteiger partial charge in [-0.25, -0.2) is 4.98 Å². The van der Waals surface area contributed by atoms with Crippen molar-refractivity contribution < 1.29 is 9.59 Å². The summed E-state index contributed by atoms with van der Waals surface area (Å²) in [7, 11) is 0. The number of nitrogens with zero attached hydrogens (tertiary/aromatic N) is 2. The van der Waals surface area contributed by atoms with Gasteiger partial charge in [-0.05, 0) is 48.9 Å². The number of carbonyl (C=O) groups is 2. The fourth-order valence-electron chi connectivity index (χ4n) is 3.47. The summed E-state index contributed by atoms with van der Waals surface area (Å²) in [5.74, 6) is 1.67. The lowest BCUT2D eigenvalue weighted by Gasteiger charge is -2.16. The van der Waals surface area contributed by atoms with E-state index in [0.717, 1.165) is 29.9 Å². The minimum atomic E-state index is -0.234. The molecule has 3 aromatic heterocycles. The average Bonchev–Trinajstić information content (AvgIpc) is 3.32. The Bertz CT molecular complexity index is 994. The summed E-state index contributed by atoms with van der Waals surface area (Å²) in [5, 5.41) is 0. The van der Waals surface area contributed by atoms with Crippen molar-refractivity contribution in [1.82, 2.24) is 20.2 Å². The van der Waals surface area contributed by atoms with Gasteiger partial charge >= 0.3 is 0 Å². The second-order valence-corrected chi connectivity index (χ2v) is 9.65. The van der Waals surface area contributed by atoms with Crippen LogP contribution in [-0.2, 0) is 23.4 Å². The first-order valence-electron chi connectivity index (χ1n) is 9.79. The molecule has 0 unspecified atom stereocenters. The number of hydrogen-bond donors (Lipinski definition) is 2. The zero-order valence-corrected chi connectivity index (χ0v) is 17.9. The van der Waals surface area contributed by atoms with Crippen LogP contribution in [0.1, 0.15) is 45.6 Å². The Balaban J connectivity index is 1.17. The molecule has 1 aliphatic carbocycles. The normalized spacial score (nSPS) is 15.8. The van der Waals surface area contributed by atoms with Gasteiger partial charge in [-0.2, -0.15) is 11.8 Å². The number of imidazole rings is 1. The molecule has 1 aliphatic rings. The molecule has 2 amide bonds. The maximum absolute atomic E-state index is 12.3. The van der Waals surface area contributed by atoms with Crippen molar-refractivity contribution in [3.05, 3.63) is 57.7 Å². The number of pyridine rings is 1. The Morgan fingerprint density at radius 3 is 3.10 bits per heavy atom. The Morgan fingerprint density at radius 2 is 2.24 bits per heavy atom. The van der Waals surface area contributed by atoms with Gasteiger partial charge in [-0.3, -0.25) is 20.4 Å². The molecule has 0 saturated heterocycles. The van der Waals surface area contributed by atoms with Gasteiger partial charge in [0.05, 0.1) is 10.6 Å². The first-order chi connectivity index (χ1) is 14.1. The first kappa shape index (κ1) is 20.0. The predicted molar refractivity (Wildman–Crippen MR) is 117 cm³/mol. The van der Waals surface area contributed by atoms with E-state index in [9.17, 15) is 9.59 Å². The van der Waals surface area contributed by atoms with Crippen LogP contribution in [0.4, 0.5) is 0 Å². The SMILES string of the molecule is C[C@@H]1CCc2sc(C(=O)NNC(=O)CCSCc3cn4ccccc4n3)cc2C1. The summed E-state index contributed by atoms with van der Waals surface area (Å²) >= 11 is 3.19. The number of amides is 2. The van der Waals surface area contributed by atoms with E-state index in [1.54, 1.807) is 23.1 Å². The van der Waals surface area contributed by atoms with Crippen LogP contribution >= 0.6 is 23.1 Å². The largest absolute Gasteiger partial charge is 0.307 e. The molecule has 3 heterocycles. The molecule has 6 nitrogen and oxygen atoms in total. The molecule has 0 aromatic carbocycles. The second kappa shape index (κ2) is 9.00. The fraction of sp³-hybridized carbons (Fsp3) is 0.381. The summed E-state index contributed by atoms with van der Waals surface area (Å²) in [6, 6.07) is 7.87. The van der Waals surface area contributed by atoms with Gasteiger partial charge in [-0.15, -0.1) is 11.3 Å². The first-order valence-corrected chi connectivity index (χ1v) is 11.8. The molecule has 152 valence electrons. The van der Waals surface area contributed by atoms with Gasteiger partial charge < -0.3 is 4.40 Å². The topological polar surface area (TPSA) is 75.5 Å². The van der Waals surface area contributed by atoms with E-state index in [2.05, 4.69) is 22.8 Å². The highest BCUT2D eigenvalue weighted by molar-refractivity contribution is 7.98. The van der Waals surface area contributed by atoms with E-state index in [1.807, 2.05) is 41.1 Å². The minimum absolute atomic E-state index is 0.184. The molecule has 4 rings (SSSR count). The van der Waals surface area contributed by atoms with Crippen LogP contribution in [0.5, 0.6) is 0 Å². The number of fused-ring (bicyclic) bond motifs is 2. The molecule has 0 aliphatic heterocycles. The van der Waals surface area contributed by atoms with E-state index in [0.29, 0.717) is 23.0 Å². The number of hydrogen-bond acceptors (Lipinski definition) is 5. The Hall–Kier alpha value is -2.32. The lowest BCUT2D eigenvalue weighted by Crippen LogP contribution is -2.41. The molecule has 2 N–H and O–H groups in total. The van der Waals surface area contributed by atoms with Crippen molar-refractivity contribution in [3.8, 4) is 0 Å². The number of thiophene rings is 1. The van der Waals surface area contributed by atoms with Crippen molar-refractivity contribution in [2.45, 2.75) is 38.4 Å². The Kier molecular flexibility index (Phi) is 6.20. The lowest BCUT2D eigenvalue weighted by atomic mass is 9.90. The highest BCUT2D eigenvalue weighted by atomic mass is 32.2. The molecule has 0 fully saturated rings. The van der Waals surface area contributed by atoms with Crippen LogP contribution in [0.15, 0.2) is 36.7 Å². The number of aromatic nitrogens is 2. The maximum atomic E-state index is 12.3. The zero-order chi connectivity index (χ0) is 20.2. The van der Waals surface area contributed by atoms with Crippen LogP contribution in [-0.4, -0.2) is 27.0 Å². The quantitative estimate of drug-likeness (QED) is 0.465. The molecule has 3 aromatic rings. The summed E-state index contributed by atoms with van der Waals surface area (Å²) in [6.45, 7) is 2.24. The highest BCUT2D eigenvalue weighted by Gasteiger charge is 2.20. The second-order valence-electron chi connectivity index (χ2n) is 7.41. The monoisotopic (exact) mass is 428 g/mol. The van der Waals surface area contributed by atoms with Crippen molar-refractivity contribution in [3.63, 3.8) is 0 Å². The van der Waals surface area contributed by atoms with E-state index < -0.39 is 0 Å². The van der Waals surface area contributed by atoms with Crippen LogP contribution in [0.3, 0.4) is 0 Å². The number of thioether (sulfide) groups is 1. The number of carbonyl (C=O) groups excluding carboxylic acids is 2. The standard InChI is InChI=1S/C21H24N4O2S2/c1-14-5-6-17-15(10-14)11-18(29-17)21(27)24-23-20(26)7-9-28-13-16-12-25-8-3-2-4-19(25)22-16/h2-4,8,11-12,14H,5-7,9-10,13H2,1H3,(H,23,26)(H,24,27)/t14-/m1/s1. The van der Waals surface area contributed by atoms with Gasteiger partial charge in [0.1, 0.15) is 5.65 Å². The third-order valence-corrected chi connectivity index (χ3v) is 7.23. The van der Waals surface area contributed by atoms with Gasteiger partial charge in [-0.1, -0.05) is 13.0 Å². The van der Waals surface area contributed by atoms with Crippen molar-refractivity contribution in [2.24, 2.45) is 5.92 Å². The molecule has 0 saturated carbocycles. The van der Waals surface area contributed by atoms with Crippen LogP contribution in [0.25, 0.3) is 5.65 Å². The van der Waals surface area contributed by atoms with Gasteiger partial charge in [0.2, 0.25) is 5.91 Å². The molecule has 0 bridgehead atoms. The smallest absolute Gasteiger partial charge is 0.279 e. The molecule has 1 atom stereocenters. The van der Waals surface area contributed by atoms with Gasteiger partial charge in [0.15, 0.2) is 0 Å². The van der Waals surface area contributed by atoms with Crippen LogP contribution in [0.2, 0.25) is 0 Å². The molecule has 0 radical (unpaired) electrons. The fourth-order valence-corrected chi connectivity index (χ4v) is 5.39. The third-order valence-electron chi connectivity index (χ3n) is 5.01. The number of hydrazine groups is 1. The maximum Gasteiger partial charge on any atom is 0.279 e. The van der Waals surface area contributed by atoms with Gasteiger partial charge in [0, 0.05) is 35.2 Å². The summed E-state index contributed by atoms with van der Waals surface area (Å²) in [5.41, 5.74) is 8.27. The predicted octanol–water partition coefficient (Wildman–Crippen LogP) is 3.61. The molecular weight excluding hydrogens is 404 g/mol. The van der Waals surface area contributed by atoms with Crippen molar-refractivity contribution >= 4 is 40.6 Å². The molecular formula is C21H24N4O2S2. The van der Waals surface area contributed by atoms with E-state index in [-0.39, 0.29) is 11.8 Å². The van der Waals surface area contributed by atoms with Crippen LogP contribution in [0, 0.1) is 5.92 Å². The van der Waals surface area contributed by atoms with E-state index in [4.69, 9.17) is 0 Å². The van der Waals surface area contributed by atoms with Crippen LogP contribution < -0.4 is 10.9 Å². The number of nitrogens with one attached hydrogen (secondary N) is 2. The van der Waals surface area contributed by atoms with Gasteiger partial charge in [0.25, 0.3) is 5.91 Å². The lowest BCUT2D eigenvalue weighted by molar-refractivity contribution is -0.121. The Labute approximate surface area is 178 Å². The third kappa shape index (κ3) is 5.00. The minimum Gasteiger partial charge on any atom is -0.307 e. The molecule has 8 heteroatoms.